The van der Waals surface area contributed by atoms with E-state index in [1.54, 1.807) is 11.8 Å². The zero-order valence-corrected chi connectivity index (χ0v) is 10.2. The van der Waals surface area contributed by atoms with Crippen LogP contribution in [0.2, 0.25) is 5.02 Å². The molecule has 0 amide bonds. The molecule has 14 heavy (non-hydrogen) atoms. The molecule has 2 N–H and O–H groups in total. The van der Waals surface area contributed by atoms with Crippen molar-refractivity contribution in [3.05, 3.63) is 28.8 Å². The maximum atomic E-state index is 6.12. The Bertz CT molecular complexity index is 299. The molecule has 1 nitrogen and oxygen atoms in total. The van der Waals surface area contributed by atoms with Gasteiger partial charge >= 0.3 is 0 Å². The highest BCUT2D eigenvalue weighted by molar-refractivity contribution is 7.99. The molecular formula is C11H16ClNS. The van der Waals surface area contributed by atoms with Crippen molar-refractivity contribution >= 4 is 23.4 Å². The maximum absolute atomic E-state index is 6.12. The monoisotopic (exact) mass is 229 g/mol. The van der Waals surface area contributed by atoms with Crippen LogP contribution in [-0.4, -0.2) is 5.75 Å². The van der Waals surface area contributed by atoms with E-state index in [9.17, 15) is 0 Å². The molecule has 1 rings (SSSR count). The zero-order chi connectivity index (χ0) is 10.6. The van der Waals surface area contributed by atoms with Crippen LogP contribution < -0.4 is 5.73 Å². The number of halogens is 1. The van der Waals surface area contributed by atoms with E-state index in [0.29, 0.717) is 12.5 Å². The Morgan fingerprint density at radius 2 is 2.14 bits per heavy atom. The number of hydrogen-bond acceptors (Lipinski definition) is 2. The second-order valence-corrected chi connectivity index (χ2v) is 5.07. The molecule has 0 atom stereocenters. The van der Waals surface area contributed by atoms with Crippen molar-refractivity contribution in [1.29, 1.82) is 0 Å². The first-order valence-electron chi connectivity index (χ1n) is 4.75. The summed E-state index contributed by atoms with van der Waals surface area (Å²) in [7, 11) is 0. The van der Waals surface area contributed by atoms with Crippen LogP contribution in [0.1, 0.15) is 19.4 Å². The summed E-state index contributed by atoms with van der Waals surface area (Å²) in [4.78, 5) is 1.14. The summed E-state index contributed by atoms with van der Waals surface area (Å²) < 4.78 is 0. The normalized spacial score (nSPS) is 10.9. The van der Waals surface area contributed by atoms with Gasteiger partial charge in [0.25, 0.3) is 0 Å². The second-order valence-electron chi connectivity index (χ2n) is 3.64. The number of benzene rings is 1. The smallest absolute Gasteiger partial charge is 0.0545 e. The minimum absolute atomic E-state index is 0.557. The Hall–Kier alpha value is -0.180. The Morgan fingerprint density at radius 3 is 2.71 bits per heavy atom. The van der Waals surface area contributed by atoms with E-state index in [4.69, 9.17) is 17.3 Å². The Balaban J connectivity index is 2.82. The van der Waals surface area contributed by atoms with E-state index in [0.717, 1.165) is 21.2 Å². The lowest BCUT2D eigenvalue weighted by Gasteiger charge is -2.10. The summed E-state index contributed by atoms with van der Waals surface area (Å²) in [5, 5.41) is 0.818. The molecule has 0 saturated carbocycles. The predicted octanol–water partition coefficient (Wildman–Crippen LogP) is 3.55. The fraction of sp³-hybridized carbons (Fsp3) is 0.455. The van der Waals surface area contributed by atoms with Crippen molar-refractivity contribution in [2.24, 2.45) is 11.7 Å². The summed E-state index contributed by atoms with van der Waals surface area (Å²) >= 11 is 7.91. The lowest BCUT2D eigenvalue weighted by atomic mass is 10.2. The predicted molar refractivity (Wildman–Crippen MR) is 64.9 cm³/mol. The summed E-state index contributed by atoms with van der Waals surface area (Å²) in [5.41, 5.74) is 6.80. The van der Waals surface area contributed by atoms with Gasteiger partial charge in [0.2, 0.25) is 0 Å². The molecule has 0 aromatic heterocycles. The molecule has 0 aliphatic carbocycles. The van der Waals surface area contributed by atoms with E-state index < -0.39 is 0 Å². The van der Waals surface area contributed by atoms with Crippen LogP contribution in [-0.2, 0) is 6.54 Å². The van der Waals surface area contributed by atoms with Crippen molar-refractivity contribution < 1.29 is 0 Å². The molecule has 1 aromatic rings. The lowest BCUT2D eigenvalue weighted by molar-refractivity contribution is 0.750. The van der Waals surface area contributed by atoms with Gasteiger partial charge in [-0.05, 0) is 17.5 Å². The van der Waals surface area contributed by atoms with Gasteiger partial charge in [-0.3, -0.25) is 0 Å². The van der Waals surface area contributed by atoms with Gasteiger partial charge in [-0.15, -0.1) is 11.8 Å². The van der Waals surface area contributed by atoms with Crippen molar-refractivity contribution in [2.75, 3.05) is 5.75 Å². The average Bonchev–Trinajstić information content (AvgIpc) is 2.15. The van der Waals surface area contributed by atoms with Crippen LogP contribution >= 0.6 is 23.4 Å². The molecule has 0 fully saturated rings. The van der Waals surface area contributed by atoms with Gasteiger partial charge in [-0.1, -0.05) is 37.6 Å². The summed E-state index contributed by atoms with van der Waals surface area (Å²) in [5.74, 6) is 1.75. The molecule has 0 radical (unpaired) electrons. The average molecular weight is 230 g/mol. The molecule has 1 aromatic carbocycles. The fourth-order valence-corrected chi connectivity index (χ4v) is 2.53. The third kappa shape index (κ3) is 3.19. The van der Waals surface area contributed by atoms with E-state index in [-0.39, 0.29) is 0 Å². The van der Waals surface area contributed by atoms with Gasteiger partial charge in [0.15, 0.2) is 0 Å². The molecule has 0 heterocycles. The third-order valence-electron chi connectivity index (χ3n) is 1.83. The fourth-order valence-electron chi connectivity index (χ4n) is 1.13. The number of hydrogen-bond donors (Lipinski definition) is 1. The molecule has 0 aliphatic heterocycles. The Kier molecular flexibility index (Phi) is 4.79. The Labute approximate surface area is 95.0 Å². The first-order chi connectivity index (χ1) is 6.65. The minimum atomic E-state index is 0.557. The topological polar surface area (TPSA) is 26.0 Å². The lowest BCUT2D eigenvalue weighted by Crippen LogP contribution is -2.00. The van der Waals surface area contributed by atoms with Crippen molar-refractivity contribution in [3.63, 3.8) is 0 Å². The third-order valence-corrected chi connectivity index (χ3v) is 3.86. The first-order valence-corrected chi connectivity index (χ1v) is 6.11. The highest BCUT2D eigenvalue weighted by Crippen LogP contribution is 2.31. The van der Waals surface area contributed by atoms with Gasteiger partial charge in [0.05, 0.1) is 5.02 Å². The second kappa shape index (κ2) is 5.64. The molecular weight excluding hydrogens is 214 g/mol. The van der Waals surface area contributed by atoms with Crippen molar-refractivity contribution in [1.82, 2.24) is 0 Å². The molecule has 0 aliphatic rings. The van der Waals surface area contributed by atoms with Gasteiger partial charge in [-0.25, -0.2) is 0 Å². The van der Waals surface area contributed by atoms with E-state index in [1.165, 1.54) is 0 Å². The molecule has 0 unspecified atom stereocenters. The van der Waals surface area contributed by atoms with E-state index in [2.05, 4.69) is 13.8 Å². The van der Waals surface area contributed by atoms with Crippen LogP contribution in [0.5, 0.6) is 0 Å². The highest BCUT2D eigenvalue weighted by atomic mass is 35.5. The summed E-state index contributed by atoms with van der Waals surface area (Å²) in [6.45, 7) is 4.96. The van der Waals surface area contributed by atoms with Gasteiger partial charge in [0.1, 0.15) is 0 Å². The van der Waals surface area contributed by atoms with Gasteiger partial charge in [-0.2, -0.15) is 0 Å². The van der Waals surface area contributed by atoms with E-state index >= 15 is 0 Å². The molecule has 0 bridgehead atoms. The number of nitrogens with two attached hydrogens (primary N) is 1. The van der Waals surface area contributed by atoms with Gasteiger partial charge < -0.3 is 5.73 Å². The zero-order valence-electron chi connectivity index (χ0n) is 8.59. The highest BCUT2D eigenvalue weighted by Gasteiger charge is 2.06. The SMILES string of the molecule is CC(C)CSc1c(Cl)cccc1CN. The maximum Gasteiger partial charge on any atom is 0.0545 e. The minimum Gasteiger partial charge on any atom is -0.326 e. The number of thioether (sulfide) groups is 1. The van der Waals surface area contributed by atoms with Crippen molar-refractivity contribution in [3.8, 4) is 0 Å². The Morgan fingerprint density at radius 1 is 1.43 bits per heavy atom. The van der Waals surface area contributed by atoms with Gasteiger partial charge in [0, 0.05) is 17.2 Å². The van der Waals surface area contributed by atoms with Crippen LogP contribution in [0.15, 0.2) is 23.1 Å². The van der Waals surface area contributed by atoms with Crippen LogP contribution in [0.25, 0.3) is 0 Å². The van der Waals surface area contributed by atoms with Crippen LogP contribution in [0.4, 0.5) is 0 Å². The molecule has 0 saturated heterocycles. The quantitative estimate of drug-likeness (QED) is 0.800. The van der Waals surface area contributed by atoms with Crippen molar-refractivity contribution in [2.45, 2.75) is 25.3 Å². The number of rotatable bonds is 4. The van der Waals surface area contributed by atoms with E-state index in [1.807, 2.05) is 18.2 Å². The molecule has 3 heteroatoms. The summed E-state index contributed by atoms with van der Waals surface area (Å²) in [6, 6.07) is 5.90. The van der Waals surface area contributed by atoms with Crippen LogP contribution in [0.3, 0.4) is 0 Å². The standard InChI is InChI=1S/C11H16ClNS/c1-8(2)7-14-11-9(6-13)4-3-5-10(11)12/h3-5,8H,6-7,13H2,1-2H3. The largest absolute Gasteiger partial charge is 0.326 e. The molecule has 78 valence electrons. The molecule has 0 spiro atoms. The summed E-state index contributed by atoms with van der Waals surface area (Å²) in [6.07, 6.45) is 0. The first kappa shape index (κ1) is 11.9. The van der Waals surface area contributed by atoms with Crippen LogP contribution in [0, 0.1) is 5.92 Å².